The standard InChI is InChI=1S/C27H32N6O3/c1-6-36-26-23(33-9-10-35-15-17(33)2)13-22(32-26)21-12-20(14-30-18(21)3)31-25(34)19-7-8-29-24(11-19)27(4,5)16-28/h7-8,11-14,17,32H,6,9-10,15H2,1-5H3,(H,31,34). The molecule has 4 rings (SSSR count). The zero-order valence-corrected chi connectivity index (χ0v) is 21.4. The van der Waals surface area contributed by atoms with Gasteiger partial charge in [0.05, 0.1) is 54.6 Å². The molecule has 0 aromatic carbocycles. The molecule has 1 fully saturated rings. The predicted molar refractivity (Wildman–Crippen MR) is 138 cm³/mol. The second-order valence-electron chi connectivity index (χ2n) is 9.43. The number of hydrogen-bond donors (Lipinski definition) is 2. The predicted octanol–water partition coefficient (Wildman–Crippen LogP) is 4.46. The Labute approximate surface area is 211 Å². The third-order valence-electron chi connectivity index (χ3n) is 6.30. The van der Waals surface area contributed by atoms with Crippen LogP contribution in [-0.4, -0.2) is 53.3 Å². The van der Waals surface area contributed by atoms with Crippen LogP contribution < -0.4 is 15.0 Å². The van der Waals surface area contributed by atoms with Gasteiger partial charge in [-0.05, 0) is 58.9 Å². The SMILES string of the molecule is CCOc1[nH]c(-c2cc(NC(=O)c3ccnc(C(C)(C)C#N)c3)cnc2C)cc1N1CCOCC1C. The zero-order chi connectivity index (χ0) is 25.9. The molecule has 1 atom stereocenters. The van der Waals surface area contributed by atoms with Crippen molar-refractivity contribution in [1.82, 2.24) is 15.0 Å². The summed E-state index contributed by atoms with van der Waals surface area (Å²) in [5.41, 5.74) is 4.26. The molecule has 9 heteroatoms. The number of H-pyrrole nitrogens is 1. The summed E-state index contributed by atoms with van der Waals surface area (Å²) in [6.45, 7) is 12.2. The van der Waals surface area contributed by atoms with Crippen molar-refractivity contribution >= 4 is 17.3 Å². The summed E-state index contributed by atoms with van der Waals surface area (Å²) in [5, 5.41) is 12.3. The molecule has 3 aromatic heterocycles. The van der Waals surface area contributed by atoms with Gasteiger partial charge in [0.1, 0.15) is 5.69 Å². The number of aryl methyl sites for hydroxylation is 1. The summed E-state index contributed by atoms with van der Waals surface area (Å²) in [7, 11) is 0. The van der Waals surface area contributed by atoms with Crippen molar-refractivity contribution in [3.63, 3.8) is 0 Å². The van der Waals surface area contributed by atoms with Crippen LogP contribution in [0.5, 0.6) is 5.88 Å². The monoisotopic (exact) mass is 488 g/mol. The molecule has 2 N–H and O–H groups in total. The molecule has 0 bridgehead atoms. The third-order valence-corrected chi connectivity index (χ3v) is 6.30. The van der Waals surface area contributed by atoms with Crippen LogP contribution in [0, 0.1) is 18.3 Å². The van der Waals surface area contributed by atoms with E-state index in [-0.39, 0.29) is 11.9 Å². The number of nitriles is 1. The summed E-state index contributed by atoms with van der Waals surface area (Å²) in [6, 6.07) is 9.69. The first-order valence-corrected chi connectivity index (χ1v) is 12.1. The first-order chi connectivity index (χ1) is 17.2. The van der Waals surface area contributed by atoms with Gasteiger partial charge in [-0.3, -0.25) is 14.8 Å². The Kier molecular flexibility index (Phi) is 7.27. The molecule has 0 aliphatic carbocycles. The summed E-state index contributed by atoms with van der Waals surface area (Å²) >= 11 is 0. The molecule has 9 nitrogen and oxygen atoms in total. The van der Waals surface area contributed by atoms with E-state index in [1.807, 2.05) is 19.9 Å². The van der Waals surface area contributed by atoms with Gasteiger partial charge in [-0.1, -0.05) is 0 Å². The molecule has 1 amide bonds. The fourth-order valence-electron chi connectivity index (χ4n) is 4.17. The van der Waals surface area contributed by atoms with E-state index in [4.69, 9.17) is 9.47 Å². The first-order valence-electron chi connectivity index (χ1n) is 12.1. The average Bonchev–Trinajstić information content (AvgIpc) is 3.29. The number of amides is 1. The Morgan fingerprint density at radius 2 is 2.17 bits per heavy atom. The van der Waals surface area contributed by atoms with Crippen molar-refractivity contribution in [2.45, 2.75) is 46.1 Å². The molecule has 1 aliphatic heterocycles. The lowest BCUT2D eigenvalue weighted by atomic mass is 9.90. The molecule has 0 radical (unpaired) electrons. The molecule has 1 saturated heterocycles. The van der Waals surface area contributed by atoms with Crippen molar-refractivity contribution < 1.29 is 14.3 Å². The molecule has 3 aromatic rings. The highest BCUT2D eigenvalue weighted by molar-refractivity contribution is 6.04. The number of carbonyl (C=O) groups excluding carboxylic acids is 1. The number of pyridine rings is 2. The highest BCUT2D eigenvalue weighted by Crippen LogP contribution is 2.37. The smallest absolute Gasteiger partial charge is 0.255 e. The summed E-state index contributed by atoms with van der Waals surface area (Å²) < 4.78 is 11.5. The minimum absolute atomic E-state index is 0.225. The molecule has 1 unspecified atom stereocenters. The lowest BCUT2D eigenvalue weighted by Crippen LogP contribution is -2.43. The van der Waals surface area contributed by atoms with E-state index in [1.165, 1.54) is 0 Å². The van der Waals surface area contributed by atoms with Crippen LogP contribution in [0.15, 0.2) is 36.7 Å². The van der Waals surface area contributed by atoms with Gasteiger partial charge in [-0.2, -0.15) is 5.26 Å². The van der Waals surface area contributed by atoms with Crippen molar-refractivity contribution in [3.05, 3.63) is 53.6 Å². The van der Waals surface area contributed by atoms with Crippen LogP contribution in [0.2, 0.25) is 0 Å². The number of anilines is 2. The lowest BCUT2D eigenvalue weighted by molar-refractivity contribution is 0.0986. The number of hydrogen-bond acceptors (Lipinski definition) is 7. The minimum atomic E-state index is -0.795. The summed E-state index contributed by atoms with van der Waals surface area (Å²) in [5.74, 6) is 0.410. The largest absolute Gasteiger partial charge is 0.478 e. The van der Waals surface area contributed by atoms with Crippen molar-refractivity contribution in [2.24, 2.45) is 0 Å². The van der Waals surface area contributed by atoms with E-state index in [2.05, 4.69) is 44.2 Å². The Bertz CT molecular complexity index is 1290. The maximum Gasteiger partial charge on any atom is 0.255 e. The van der Waals surface area contributed by atoms with Gasteiger partial charge in [0.2, 0.25) is 5.88 Å². The maximum atomic E-state index is 13.0. The average molecular weight is 489 g/mol. The van der Waals surface area contributed by atoms with Gasteiger partial charge in [-0.25, -0.2) is 0 Å². The Hall–Kier alpha value is -3.90. The topological polar surface area (TPSA) is 116 Å². The Balaban J connectivity index is 1.62. The molecule has 0 saturated carbocycles. The van der Waals surface area contributed by atoms with Crippen LogP contribution in [0.1, 0.15) is 49.4 Å². The summed E-state index contributed by atoms with van der Waals surface area (Å²) in [6.07, 6.45) is 3.18. The number of nitrogens with one attached hydrogen (secondary N) is 2. The number of rotatable bonds is 7. The maximum absolute atomic E-state index is 13.0. The lowest BCUT2D eigenvalue weighted by Gasteiger charge is -2.34. The van der Waals surface area contributed by atoms with Crippen molar-refractivity contribution in [1.29, 1.82) is 5.26 Å². The van der Waals surface area contributed by atoms with Crippen molar-refractivity contribution in [3.8, 4) is 23.2 Å². The Morgan fingerprint density at radius 3 is 2.89 bits per heavy atom. The summed E-state index contributed by atoms with van der Waals surface area (Å²) in [4.78, 5) is 27.5. The second-order valence-corrected chi connectivity index (χ2v) is 9.43. The van der Waals surface area contributed by atoms with Gasteiger partial charge in [0, 0.05) is 35.6 Å². The third kappa shape index (κ3) is 5.19. The minimum Gasteiger partial charge on any atom is -0.478 e. The van der Waals surface area contributed by atoms with Crippen LogP contribution in [0.3, 0.4) is 0 Å². The highest BCUT2D eigenvalue weighted by Gasteiger charge is 2.25. The first kappa shape index (κ1) is 25.2. The number of aromatic amines is 1. The molecular formula is C27H32N6O3. The molecular weight excluding hydrogens is 456 g/mol. The van der Waals surface area contributed by atoms with Crippen molar-refractivity contribution in [2.75, 3.05) is 36.6 Å². The molecule has 36 heavy (non-hydrogen) atoms. The van der Waals surface area contributed by atoms with E-state index in [0.717, 1.165) is 29.2 Å². The number of aromatic nitrogens is 3. The Morgan fingerprint density at radius 1 is 1.36 bits per heavy atom. The van der Waals surface area contributed by atoms with Crippen LogP contribution >= 0.6 is 0 Å². The molecule has 4 heterocycles. The van der Waals surface area contributed by atoms with Gasteiger partial charge in [0.15, 0.2) is 0 Å². The van der Waals surface area contributed by atoms with E-state index < -0.39 is 5.41 Å². The fraction of sp³-hybridized carbons (Fsp3) is 0.407. The van der Waals surface area contributed by atoms with E-state index >= 15 is 0 Å². The number of carbonyl (C=O) groups is 1. The van der Waals surface area contributed by atoms with Crippen LogP contribution in [-0.2, 0) is 10.2 Å². The van der Waals surface area contributed by atoms with E-state index in [0.29, 0.717) is 42.6 Å². The van der Waals surface area contributed by atoms with Gasteiger partial charge in [0.25, 0.3) is 5.91 Å². The van der Waals surface area contributed by atoms with Crippen LogP contribution in [0.4, 0.5) is 11.4 Å². The van der Waals surface area contributed by atoms with Gasteiger partial charge < -0.3 is 24.7 Å². The highest BCUT2D eigenvalue weighted by atomic mass is 16.5. The second kappa shape index (κ2) is 10.4. The normalized spacial score (nSPS) is 15.9. The number of nitrogens with zero attached hydrogens (tertiary/aromatic N) is 4. The van der Waals surface area contributed by atoms with Gasteiger partial charge in [-0.15, -0.1) is 0 Å². The van der Waals surface area contributed by atoms with Gasteiger partial charge >= 0.3 is 0 Å². The van der Waals surface area contributed by atoms with E-state index in [9.17, 15) is 10.1 Å². The van der Waals surface area contributed by atoms with E-state index in [1.54, 1.807) is 38.4 Å². The van der Waals surface area contributed by atoms with Crippen LogP contribution in [0.25, 0.3) is 11.3 Å². The molecule has 1 aliphatic rings. The number of morpholine rings is 1. The number of ether oxygens (including phenoxy) is 2. The molecule has 188 valence electrons. The fourth-order valence-corrected chi connectivity index (χ4v) is 4.17. The quantitative estimate of drug-likeness (QED) is 0.504. The molecule has 0 spiro atoms. The zero-order valence-electron chi connectivity index (χ0n) is 21.4.